The van der Waals surface area contributed by atoms with Crippen molar-refractivity contribution in [2.45, 2.75) is 32.7 Å². The SMILES string of the molecule is CC(C)(C[C@@H](N)Cc1ccc(NC(=O)CO)cc1)C(=O)O. The number of rotatable bonds is 7. The Kier molecular flexibility index (Phi) is 5.87. The average molecular weight is 294 g/mol. The lowest BCUT2D eigenvalue weighted by Gasteiger charge is -2.23. The molecule has 1 amide bonds. The number of hydrogen-bond donors (Lipinski definition) is 4. The number of nitrogens with one attached hydrogen (secondary N) is 1. The Morgan fingerprint density at radius 3 is 2.33 bits per heavy atom. The molecule has 5 N–H and O–H groups in total. The van der Waals surface area contributed by atoms with E-state index in [4.69, 9.17) is 15.9 Å². The van der Waals surface area contributed by atoms with Gasteiger partial charge in [-0.2, -0.15) is 0 Å². The van der Waals surface area contributed by atoms with E-state index in [0.29, 0.717) is 18.5 Å². The van der Waals surface area contributed by atoms with Crippen LogP contribution in [0, 0.1) is 5.41 Å². The van der Waals surface area contributed by atoms with Crippen molar-refractivity contribution in [1.29, 1.82) is 0 Å². The number of aliphatic hydroxyl groups excluding tert-OH is 1. The first-order valence-electron chi connectivity index (χ1n) is 6.73. The summed E-state index contributed by atoms with van der Waals surface area (Å²) in [7, 11) is 0. The van der Waals surface area contributed by atoms with Crippen molar-refractivity contribution in [2.75, 3.05) is 11.9 Å². The van der Waals surface area contributed by atoms with Crippen molar-refractivity contribution in [3.05, 3.63) is 29.8 Å². The van der Waals surface area contributed by atoms with Gasteiger partial charge >= 0.3 is 5.97 Å². The maximum atomic E-state index is 11.1. The third-order valence-electron chi connectivity index (χ3n) is 3.23. The Hall–Kier alpha value is -1.92. The second-order valence-corrected chi connectivity index (χ2v) is 5.76. The minimum absolute atomic E-state index is 0.256. The molecule has 116 valence electrons. The Bertz CT molecular complexity index is 497. The summed E-state index contributed by atoms with van der Waals surface area (Å²) in [6, 6.07) is 6.82. The van der Waals surface area contributed by atoms with Crippen molar-refractivity contribution < 1.29 is 19.8 Å². The van der Waals surface area contributed by atoms with E-state index >= 15 is 0 Å². The van der Waals surface area contributed by atoms with Gasteiger partial charge in [0.15, 0.2) is 0 Å². The van der Waals surface area contributed by atoms with Crippen LogP contribution in [0.25, 0.3) is 0 Å². The van der Waals surface area contributed by atoms with Crippen molar-refractivity contribution in [1.82, 2.24) is 0 Å². The predicted molar refractivity (Wildman–Crippen MR) is 79.9 cm³/mol. The number of carboxylic acid groups (broad SMARTS) is 1. The molecule has 0 saturated carbocycles. The molecule has 0 heterocycles. The van der Waals surface area contributed by atoms with Crippen LogP contribution in [-0.4, -0.2) is 34.7 Å². The van der Waals surface area contributed by atoms with Crippen LogP contribution in [0.1, 0.15) is 25.8 Å². The van der Waals surface area contributed by atoms with Gasteiger partial charge in [0.1, 0.15) is 6.61 Å². The number of amides is 1. The zero-order valence-corrected chi connectivity index (χ0v) is 12.3. The Morgan fingerprint density at radius 1 is 1.29 bits per heavy atom. The van der Waals surface area contributed by atoms with Gasteiger partial charge in [0.2, 0.25) is 5.91 Å². The highest BCUT2D eigenvalue weighted by molar-refractivity contribution is 5.91. The van der Waals surface area contributed by atoms with Crippen LogP contribution in [0.3, 0.4) is 0 Å². The molecule has 0 aliphatic rings. The smallest absolute Gasteiger partial charge is 0.309 e. The molecule has 0 aromatic heterocycles. The summed E-state index contributed by atoms with van der Waals surface area (Å²) >= 11 is 0. The number of anilines is 1. The second kappa shape index (κ2) is 7.19. The van der Waals surface area contributed by atoms with Crippen molar-refractivity contribution in [3.63, 3.8) is 0 Å². The molecular formula is C15H22N2O4. The topological polar surface area (TPSA) is 113 Å². The zero-order valence-electron chi connectivity index (χ0n) is 12.3. The van der Waals surface area contributed by atoms with Gasteiger partial charge in [0.25, 0.3) is 0 Å². The maximum Gasteiger partial charge on any atom is 0.309 e. The molecule has 0 fully saturated rings. The largest absolute Gasteiger partial charge is 0.481 e. The number of carbonyl (C=O) groups is 2. The molecule has 0 spiro atoms. The molecule has 0 aliphatic heterocycles. The van der Waals surface area contributed by atoms with Crippen LogP contribution in [-0.2, 0) is 16.0 Å². The molecule has 1 aromatic carbocycles. The number of benzene rings is 1. The summed E-state index contributed by atoms with van der Waals surface area (Å²) in [5.41, 5.74) is 6.71. The zero-order chi connectivity index (χ0) is 16.0. The van der Waals surface area contributed by atoms with Crippen molar-refractivity contribution in [3.8, 4) is 0 Å². The molecule has 1 rings (SSSR count). The van der Waals surface area contributed by atoms with Gasteiger partial charge in [-0.15, -0.1) is 0 Å². The van der Waals surface area contributed by atoms with Gasteiger partial charge in [-0.25, -0.2) is 0 Å². The Balaban J connectivity index is 2.59. The number of nitrogens with two attached hydrogens (primary N) is 1. The molecule has 1 aromatic rings. The van der Waals surface area contributed by atoms with Crippen LogP contribution >= 0.6 is 0 Å². The summed E-state index contributed by atoms with van der Waals surface area (Å²) in [5, 5.41) is 20.3. The Labute approximate surface area is 124 Å². The van der Waals surface area contributed by atoms with E-state index in [2.05, 4.69) is 5.32 Å². The van der Waals surface area contributed by atoms with E-state index in [9.17, 15) is 9.59 Å². The standard InChI is InChI=1S/C15H22N2O4/c1-15(2,14(20)21)8-11(16)7-10-3-5-12(6-4-10)17-13(19)9-18/h3-6,11,18H,7-9,16H2,1-2H3,(H,17,19)(H,20,21)/t11-/m0/s1. The number of aliphatic carboxylic acids is 1. The second-order valence-electron chi connectivity index (χ2n) is 5.76. The minimum Gasteiger partial charge on any atom is -0.481 e. The highest BCUT2D eigenvalue weighted by Crippen LogP contribution is 2.23. The van der Waals surface area contributed by atoms with E-state index in [1.54, 1.807) is 26.0 Å². The van der Waals surface area contributed by atoms with Crippen LogP contribution < -0.4 is 11.1 Å². The molecule has 0 bridgehead atoms. The lowest BCUT2D eigenvalue weighted by Crippen LogP contribution is -2.34. The van der Waals surface area contributed by atoms with Gasteiger partial charge in [-0.05, 0) is 44.4 Å². The quantitative estimate of drug-likeness (QED) is 0.599. The minimum atomic E-state index is -0.861. The summed E-state index contributed by atoms with van der Waals surface area (Å²) in [5.74, 6) is -1.33. The van der Waals surface area contributed by atoms with Crippen LogP contribution in [0.15, 0.2) is 24.3 Å². The molecular weight excluding hydrogens is 272 g/mol. The number of carbonyl (C=O) groups excluding carboxylic acids is 1. The van der Waals surface area contributed by atoms with Crippen molar-refractivity contribution >= 4 is 17.6 Å². The summed E-state index contributed by atoms with van der Waals surface area (Å²) in [6.45, 7) is 2.75. The molecule has 0 unspecified atom stereocenters. The summed E-state index contributed by atoms with van der Waals surface area (Å²) in [6.07, 6.45) is 0.941. The number of aliphatic hydroxyl groups is 1. The first kappa shape index (κ1) is 17.1. The van der Waals surface area contributed by atoms with E-state index in [1.165, 1.54) is 0 Å². The number of hydrogen-bond acceptors (Lipinski definition) is 4. The highest BCUT2D eigenvalue weighted by Gasteiger charge is 2.29. The van der Waals surface area contributed by atoms with Crippen molar-refractivity contribution in [2.24, 2.45) is 11.1 Å². The first-order chi connectivity index (χ1) is 9.74. The van der Waals surface area contributed by atoms with E-state index < -0.39 is 23.9 Å². The van der Waals surface area contributed by atoms with Gasteiger partial charge in [-0.1, -0.05) is 12.1 Å². The lowest BCUT2D eigenvalue weighted by molar-refractivity contribution is -0.147. The fourth-order valence-electron chi connectivity index (χ4n) is 2.04. The van der Waals surface area contributed by atoms with Gasteiger partial charge < -0.3 is 21.3 Å². The first-order valence-corrected chi connectivity index (χ1v) is 6.73. The van der Waals surface area contributed by atoms with Crippen LogP contribution in [0.4, 0.5) is 5.69 Å². The van der Waals surface area contributed by atoms with Gasteiger partial charge in [-0.3, -0.25) is 9.59 Å². The van der Waals surface area contributed by atoms with E-state index in [1.807, 2.05) is 12.1 Å². The third kappa shape index (κ3) is 5.53. The van der Waals surface area contributed by atoms with E-state index in [0.717, 1.165) is 5.56 Å². The summed E-state index contributed by atoms with van der Waals surface area (Å²) < 4.78 is 0. The molecule has 21 heavy (non-hydrogen) atoms. The van der Waals surface area contributed by atoms with Crippen LogP contribution in [0.2, 0.25) is 0 Å². The van der Waals surface area contributed by atoms with Gasteiger partial charge in [0, 0.05) is 11.7 Å². The monoisotopic (exact) mass is 294 g/mol. The fourth-order valence-corrected chi connectivity index (χ4v) is 2.04. The van der Waals surface area contributed by atoms with E-state index in [-0.39, 0.29) is 6.04 Å². The molecule has 0 aliphatic carbocycles. The Morgan fingerprint density at radius 2 is 1.86 bits per heavy atom. The maximum absolute atomic E-state index is 11.1. The summed E-state index contributed by atoms with van der Waals surface area (Å²) in [4.78, 5) is 22.1. The fraction of sp³-hybridized carbons (Fsp3) is 0.467. The lowest BCUT2D eigenvalue weighted by atomic mass is 9.84. The van der Waals surface area contributed by atoms with Crippen LogP contribution in [0.5, 0.6) is 0 Å². The third-order valence-corrected chi connectivity index (χ3v) is 3.23. The normalized spacial score (nSPS) is 12.8. The molecule has 1 atom stereocenters. The highest BCUT2D eigenvalue weighted by atomic mass is 16.4. The predicted octanol–water partition coefficient (Wildman–Crippen LogP) is 0.988. The van der Waals surface area contributed by atoms with Gasteiger partial charge in [0.05, 0.1) is 5.41 Å². The number of carboxylic acids is 1. The molecule has 0 saturated heterocycles. The molecule has 0 radical (unpaired) electrons. The molecule has 6 heteroatoms. The average Bonchev–Trinajstić information content (AvgIpc) is 2.40. The molecule has 6 nitrogen and oxygen atoms in total.